The first kappa shape index (κ1) is 14.2. The molecule has 1 aliphatic rings. The molecule has 0 aliphatic heterocycles. The zero-order valence-corrected chi connectivity index (χ0v) is 13.4. The van der Waals surface area contributed by atoms with Gasteiger partial charge in [-0.05, 0) is 55.0 Å². The third kappa shape index (κ3) is 2.58. The number of rotatable bonds is 2. The number of aromatic nitrogens is 3. The smallest absolute Gasteiger partial charge is 0.146 e. The van der Waals surface area contributed by atoms with Crippen LogP contribution in [0.4, 0.5) is 0 Å². The maximum atomic E-state index is 10.5. The molecular weight excluding hydrogens is 286 g/mol. The normalized spacial score (nSPS) is 16.0. The van der Waals surface area contributed by atoms with Crippen molar-refractivity contribution < 1.29 is 5.11 Å². The summed E-state index contributed by atoms with van der Waals surface area (Å²) in [6, 6.07) is 12.0. The first-order valence-electron chi connectivity index (χ1n) is 8.38. The predicted molar refractivity (Wildman–Crippen MR) is 91.1 cm³/mol. The van der Waals surface area contributed by atoms with Gasteiger partial charge in [-0.2, -0.15) is 0 Å². The lowest BCUT2D eigenvalue weighted by atomic mass is 9.83. The Labute approximate surface area is 135 Å². The maximum absolute atomic E-state index is 10.5. The van der Waals surface area contributed by atoms with Gasteiger partial charge in [-0.25, -0.2) is 0 Å². The molecule has 4 rings (SSSR count). The Morgan fingerprint density at radius 3 is 2.30 bits per heavy atom. The summed E-state index contributed by atoms with van der Waals surface area (Å²) in [5, 5.41) is 19.5. The van der Waals surface area contributed by atoms with Crippen molar-refractivity contribution in [1.29, 1.82) is 0 Å². The molecule has 1 fully saturated rings. The van der Waals surface area contributed by atoms with E-state index in [4.69, 9.17) is 0 Å². The van der Waals surface area contributed by atoms with Crippen molar-refractivity contribution >= 4 is 11.0 Å². The van der Waals surface area contributed by atoms with Crippen LogP contribution in [0.5, 0.6) is 5.75 Å². The zero-order valence-electron chi connectivity index (χ0n) is 13.4. The molecule has 0 unspecified atom stereocenters. The van der Waals surface area contributed by atoms with E-state index in [0.29, 0.717) is 11.6 Å². The van der Waals surface area contributed by atoms with Gasteiger partial charge in [0.2, 0.25) is 0 Å². The van der Waals surface area contributed by atoms with E-state index in [1.165, 1.54) is 37.7 Å². The second kappa shape index (κ2) is 5.69. The summed E-state index contributed by atoms with van der Waals surface area (Å²) in [5.41, 5.74) is 4.56. The molecule has 4 nitrogen and oxygen atoms in total. The molecular formula is C19H21N3O. The highest BCUT2D eigenvalue weighted by Gasteiger charge is 2.19. The fourth-order valence-corrected chi connectivity index (χ4v) is 3.58. The average molecular weight is 307 g/mol. The van der Waals surface area contributed by atoms with Gasteiger partial charge in [0.1, 0.15) is 22.5 Å². The highest BCUT2D eigenvalue weighted by atomic mass is 16.3. The van der Waals surface area contributed by atoms with Crippen LogP contribution in [0.25, 0.3) is 16.7 Å². The van der Waals surface area contributed by atoms with Gasteiger partial charge in [-0.15, -0.1) is 15.0 Å². The van der Waals surface area contributed by atoms with Crippen LogP contribution in [0.1, 0.15) is 49.1 Å². The molecule has 0 radical (unpaired) electrons. The van der Waals surface area contributed by atoms with Gasteiger partial charge < -0.3 is 5.11 Å². The van der Waals surface area contributed by atoms with Gasteiger partial charge in [0.05, 0.1) is 0 Å². The Balaban J connectivity index is 1.81. The molecule has 1 aliphatic carbocycles. The van der Waals surface area contributed by atoms with Crippen LogP contribution in [0.3, 0.4) is 0 Å². The van der Waals surface area contributed by atoms with Gasteiger partial charge in [-0.1, -0.05) is 37.5 Å². The Bertz CT molecular complexity index is 814. The van der Waals surface area contributed by atoms with Gasteiger partial charge in [0.15, 0.2) is 0 Å². The Hall–Kier alpha value is -2.36. The number of phenols is 1. The van der Waals surface area contributed by atoms with E-state index in [2.05, 4.69) is 22.3 Å². The lowest BCUT2D eigenvalue weighted by Crippen LogP contribution is -2.07. The number of hydrogen-bond donors (Lipinski definition) is 1. The summed E-state index contributed by atoms with van der Waals surface area (Å²) in [4.78, 5) is 1.57. The molecule has 0 bridgehead atoms. The summed E-state index contributed by atoms with van der Waals surface area (Å²) in [5.74, 6) is 0.858. The van der Waals surface area contributed by atoms with Crippen molar-refractivity contribution in [2.45, 2.75) is 44.9 Å². The van der Waals surface area contributed by atoms with Gasteiger partial charge in [0.25, 0.3) is 0 Å². The van der Waals surface area contributed by atoms with Gasteiger partial charge >= 0.3 is 0 Å². The monoisotopic (exact) mass is 307 g/mol. The lowest BCUT2D eigenvalue weighted by molar-refractivity contribution is 0.439. The predicted octanol–water partition coefficient (Wildman–Crippen LogP) is 4.48. The average Bonchev–Trinajstić information content (AvgIpc) is 3.02. The molecule has 1 N–H and O–H groups in total. The van der Waals surface area contributed by atoms with Crippen LogP contribution in [-0.2, 0) is 0 Å². The number of hydrogen-bond acceptors (Lipinski definition) is 3. The zero-order chi connectivity index (χ0) is 15.8. The Morgan fingerprint density at radius 1 is 1.00 bits per heavy atom. The van der Waals surface area contributed by atoms with E-state index >= 15 is 0 Å². The van der Waals surface area contributed by atoms with Crippen LogP contribution in [0.2, 0.25) is 0 Å². The summed E-state index contributed by atoms with van der Waals surface area (Å²) in [7, 11) is 0. The molecule has 1 heterocycles. The van der Waals surface area contributed by atoms with E-state index in [0.717, 1.165) is 16.6 Å². The van der Waals surface area contributed by atoms with Crippen molar-refractivity contribution in [3.63, 3.8) is 0 Å². The van der Waals surface area contributed by atoms with E-state index in [-0.39, 0.29) is 5.75 Å². The molecule has 2 aromatic carbocycles. The van der Waals surface area contributed by atoms with Crippen molar-refractivity contribution in [2.24, 2.45) is 0 Å². The fourth-order valence-electron chi connectivity index (χ4n) is 3.58. The number of aryl methyl sites for hydroxylation is 1. The van der Waals surface area contributed by atoms with E-state index in [1.807, 2.05) is 31.2 Å². The largest absolute Gasteiger partial charge is 0.505 e. The van der Waals surface area contributed by atoms with Crippen molar-refractivity contribution in [3.8, 4) is 11.4 Å². The molecule has 0 spiro atoms. The number of aromatic hydroxyl groups is 1. The quantitative estimate of drug-likeness (QED) is 0.759. The number of phenolic OH excluding ortho intramolecular Hbond substituents is 1. The summed E-state index contributed by atoms with van der Waals surface area (Å²) >= 11 is 0. The van der Waals surface area contributed by atoms with Crippen LogP contribution in [0.15, 0.2) is 36.4 Å². The topological polar surface area (TPSA) is 50.9 Å². The minimum Gasteiger partial charge on any atom is -0.505 e. The molecule has 0 saturated heterocycles. The lowest BCUT2D eigenvalue weighted by Gasteiger charge is -2.23. The van der Waals surface area contributed by atoms with E-state index < -0.39 is 0 Å². The molecule has 3 aromatic rings. The summed E-state index contributed by atoms with van der Waals surface area (Å²) < 4.78 is 0. The highest BCUT2D eigenvalue weighted by molar-refractivity contribution is 5.73. The van der Waals surface area contributed by atoms with Crippen LogP contribution < -0.4 is 0 Å². The molecule has 118 valence electrons. The maximum Gasteiger partial charge on any atom is 0.146 e. The van der Waals surface area contributed by atoms with Crippen LogP contribution >= 0.6 is 0 Å². The van der Waals surface area contributed by atoms with Crippen LogP contribution in [0, 0.1) is 6.92 Å². The molecule has 0 amide bonds. The Morgan fingerprint density at radius 2 is 1.65 bits per heavy atom. The van der Waals surface area contributed by atoms with E-state index in [9.17, 15) is 5.11 Å². The first-order chi connectivity index (χ1) is 11.2. The second-order valence-electron chi connectivity index (χ2n) is 6.52. The third-order valence-electron chi connectivity index (χ3n) is 4.88. The van der Waals surface area contributed by atoms with Crippen molar-refractivity contribution in [3.05, 3.63) is 47.5 Å². The first-order valence-corrected chi connectivity index (χ1v) is 8.38. The van der Waals surface area contributed by atoms with Crippen LogP contribution in [-0.4, -0.2) is 20.1 Å². The second-order valence-corrected chi connectivity index (χ2v) is 6.52. The van der Waals surface area contributed by atoms with E-state index in [1.54, 1.807) is 4.80 Å². The molecule has 1 saturated carbocycles. The molecule has 4 heteroatoms. The standard InChI is InChI=1S/C19H21N3O/c1-13-11-15(14-7-3-2-4-8-14)12-18(19(13)23)22-20-16-9-5-6-10-17(16)21-22/h5-6,9-12,14,23H,2-4,7-8H2,1H3. The molecule has 0 atom stereocenters. The number of benzene rings is 2. The fraction of sp³-hybridized carbons (Fsp3) is 0.368. The molecule has 23 heavy (non-hydrogen) atoms. The van der Waals surface area contributed by atoms with Crippen molar-refractivity contribution in [1.82, 2.24) is 15.0 Å². The molecule has 1 aromatic heterocycles. The third-order valence-corrected chi connectivity index (χ3v) is 4.88. The van der Waals surface area contributed by atoms with Gasteiger partial charge in [-0.3, -0.25) is 0 Å². The summed E-state index contributed by atoms with van der Waals surface area (Å²) in [6.45, 7) is 1.95. The highest BCUT2D eigenvalue weighted by Crippen LogP contribution is 2.37. The summed E-state index contributed by atoms with van der Waals surface area (Å²) in [6.07, 6.45) is 6.40. The number of fused-ring (bicyclic) bond motifs is 1. The number of nitrogens with zero attached hydrogens (tertiary/aromatic N) is 3. The SMILES string of the molecule is Cc1cc(C2CCCCC2)cc(-n2nc3ccccc3n2)c1O. The minimum absolute atomic E-state index is 0.268. The Kier molecular flexibility index (Phi) is 3.52. The van der Waals surface area contributed by atoms with Crippen molar-refractivity contribution in [2.75, 3.05) is 0 Å². The minimum atomic E-state index is 0.268. The van der Waals surface area contributed by atoms with Gasteiger partial charge in [0, 0.05) is 0 Å².